The molecular formula is C21H14FN3O2S. The number of carbonyl (C=O) groups is 1. The summed E-state index contributed by atoms with van der Waals surface area (Å²) in [6.07, 6.45) is 0. The largest absolute Gasteiger partial charge is 0.436 e. The van der Waals surface area contributed by atoms with Gasteiger partial charge in [0.25, 0.3) is 5.91 Å². The van der Waals surface area contributed by atoms with Crippen molar-refractivity contribution in [3.05, 3.63) is 84.2 Å². The molecule has 0 atom stereocenters. The minimum atomic E-state index is -0.360. The smallest absolute Gasteiger partial charge is 0.257 e. The average Bonchev–Trinajstić information content (AvgIpc) is 3.12. The first-order valence-corrected chi connectivity index (χ1v) is 8.83. The zero-order chi connectivity index (χ0) is 19.5. The van der Waals surface area contributed by atoms with Crippen LogP contribution in [0.4, 0.5) is 10.1 Å². The number of thiocarbonyl (C=S) groups is 1. The van der Waals surface area contributed by atoms with Gasteiger partial charge < -0.3 is 9.73 Å². The molecule has 2 N–H and O–H groups in total. The molecule has 0 aliphatic rings. The van der Waals surface area contributed by atoms with Gasteiger partial charge in [0.2, 0.25) is 5.89 Å². The summed E-state index contributed by atoms with van der Waals surface area (Å²) >= 11 is 5.20. The molecule has 1 amide bonds. The van der Waals surface area contributed by atoms with E-state index in [0.29, 0.717) is 33.8 Å². The van der Waals surface area contributed by atoms with Crippen molar-refractivity contribution in [3.63, 3.8) is 0 Å². The lowest BCUT2D eigenvalue weighted by Crippen LogP contribution is -2.34. The van der Waals surface area contributed by atoms with E-state index in [1.807, 2.05) is 6.07 Å². The number of nitrogens with one attached hydrogen (secondary N) is 2. The predicted octanol–water partition coefficient (Wildman–Crippen LogP) is 4.76. The van der Waals surface area contributed by atoms with E-state index in [4.69, 9.17) is 16.6 Å². The van der Waals surface area contributed by atoms with Gasteiger partial charge in [-0.3, -0.25) is 10.1 Å². The molecule has 138 valence electrons. The second kappa shape index (κ2) is 7.58. The van der Waals surface area contributed by atoms with Gasteiger partial charge in [-0.2, -0.15) is 0 Å². The van der Waals surface area contributed by atoms with Gasteiger partial charge in [0, 0.05) is 16.8 Å². The Kier molecular flexibility index (Phi) is 4.82. The Bertz CT molecular complexity index is 1170. The Hall–Kier alpha value is -3.58. The van der Waals surface area contributed by atoms with Crippen molar-refractivity contribution in [2.45, 2.75) is 0 Å². The Morgan fingerprint density at radius 2 is 1.82 bits per heavy atom. The highest BCUT2D eigenvalue weighted by atomic mass is 32.1. The number of carbonyl (C=O) groups excluding carboxylic acids is 1. The van der Waals surface area contributed by atoms with Crippen LogP contribution in [0.15, 0.2) is 77.2 Å². The third-order valence-corrected chi connectivity index (χ3v) is 4.18. The minimum absolute atomic E-state index is 0.169. The molecule has 0 fully saturated rings. The van der Waals surface area contributed by atoms with E-state index < -0.39 is 0 Å². The van der Waals surface area contributed by atoms with Crippen LogP contribution in [0.1, 0.15) is 10.4 Å². The quantitative estimate of drug-likeness (QED) is 0.493. The molecule has 28 heavy (non-hydrogen) atoms. The number of aromatic nitrogens is 1. The SMILES string of the molecule is O=C(NC(=S)Nc1ccc2oc(-c3cccc(F)c3)nc2c1)c1ccccc1. The van der Waals surface area contributed by atoms with E-state index in [2.05, 4.69) is 15.6 Å². The second-order valence-corrected chi connectivity index (χ2v) is 6.39. The lowest BCUT2D eigenvalue weighted by atomic mass is 10.2. The van der Waals surface area contributed by atoms with E-state index >= 15 is 0 Å². The highest BCUT2D eigenvalue weighted by Gasteiger charge is 2.11. The third-order valence-electron chi connectivity index (χ3n) is 3.98. The molecule has 0 spiro atoms. The van der Waals surface area contributed by atoms with Crippen molar-refractivity contribution in [1.82, 2.24) is 10.3 Å². The van der Waals surface area contributed by atoms with Crippen molar-refractivity contribution in [1.29, 1.82) is 0 Å². The molecule has 0 unspecified atom stereocenters. The maximum absolute atomic E-state index is 13.4. The second-order valence-electron chi connectivity index (χ2n) is 5.99. The minimum Gasteiger partial charge on any atom is -0.436 e. The summed E-state index contributed by atoms with van der Waals surface area (Å²) in [7, 11) is 0. The third kappa shape index (κ3) is 3.89. The van der Waals surface area contributed by atoms with Gasteiger partial charge in [0.1, 0.15) is 11.3 Å². The number of halogens is 1. The summed E-state index contributed by atoms with van der Waals surface area (Å²) in [4.78, 5) is 16.5. The van der Waals surface area contributed by atoms with Crippen molar-refractivity contribution in [2.24, 2.45) is 0 Å². The molecule has 0 aliphatic carbocycles. The molecule has 0 saturated carbocycles. The van der Waals surface area contributed by atoms with Crippen LogP contribution in [0, 0.1) is 5.82 Å². The first-order chi connectivity index (χ1) is 13.6. The normalized spacial score (nSPS) is 10.6. The maximum atomic E-state index is 13.4. The standard InChI is InChI=1S/C21H14FN3O2S/c22-15-8-4-7-14(11-15)20-24-17-12-16(9-10-18(17)27-20)23-21(28)25-19(26)13-5-2-1-3-6-13/h1-12H,(H2,23,25,26,28). The fraction of sp³-hybridized carbons (Fsp3) is 0. The Morgan fingerprint density at radius 1 is 1.00 bits per heavy atom. The first kappa shape index (κ1) is 17.8. The number of benzene rings is 3. The summed E-state index contributed by atoms with van der Waals surface area (Å²) in [5, 5.41) is 5.75. The van der Waals surface area contributed by atoms with Gasteiger partial charge in [-0.15, -0.1) is 0 Å². The van der Waals surface area contributed by atoms with E-state index in [9.17, 15) is 9.18 Å². The van der Waals surface area contributed by atoms with Gasteiger partial charge in [-0.25, -0.2) is 9.37 Å². The zero-order valence-electron chi connectivity index (χ0n) is 14.5. The van der Waals surface area contributed by atoms with Crippen LogP contribution in [0.2, 0.25) is 0 Å². The fourth-order valence-electron chi connectivity index (χ4n) is 2.68. The summed E-state index contributed by atoms with van der Waals surface area (Å²) in [5.41, 5.74) is 2.85. The zero-order valence-corrected chi connectivity index (χ0v) is 15.3. The number of hydrogen-bond donors (Lipinski definition) is 2. The molecule has 1 aromatic heterocycles. The van der Waals surface area contributed by atoms with Crippen LogP contribution in [0.3, 0.4) is 0 Å². The fourth-order valence-corrected chi connectivity index (χ4v) is 2.89. The van der Waals surface area contributed by atoms with Crippen molar-refractivity contribution in [2.75, 3.05) is 5.32 Å². The molecule has 3 aromatic carbocycles. The highest BCUT2D eigenvalue weighted by Crippen LogP contribution is 2.26. The number of nitrogens with zero attached hydrogens (tertiary/aromatic N) is 1. The lowest BCUT2D eigenvalue weighted by Gasteiger charge is -2.09. The molecule has 4 rings (SSSR count). The molecular weight excluding hydrogens is 377 g/mol. The van der Waals surface area contributed by atoms with Gasteiger partial charge in [0.05, 0.1) is 0 Å². The molecule has 5 nitrogen and oxygen atoms in total. The van der Waals surface area contributed by atoms with Crippen LogP contribution in [-0.2, 0) is 0 Å². The predicted molar refractivity (Wildman–Crippen MR) is 110 cm³/mol. The lowest BCUT2D eigenvalue weighted by molar-refractivity contribution is 0.0977. The number of rotatable bonds is 3. The van der Waals surface area contributed by atoms with Crippen molar-refractivity contribution >= 4 is 40.0 Å². The molecule has 0 radical (unpaired) electrons. The summed E-state index contributed by atoms with van der Waals surface area (Å²) < 4.78 is 19.1. The summed E-state index contributed by atoms with van der Waals surface area (Å²) in [5.74, 6) is -0.331. The van der Waals surface area contributed by atoms with Crippen LogP contribution in [0.25, 0.3) is 22.6 Å². The molecule has 1 heterocycles. The van der Waals surface area contributed by atoms with Gasteiger partial charge in [-0.05, 0) is 60.7 Å². The van der Waals surface area contributed by atoms with E-state index in [-0.39, 0.29) is 16.8 Å². The van der Waals surface area contributed by atoms with E-state index in [1.54, 1.807) is 54.6 Å². The molecule has 0 aliphatic heterocycles. The maximum Gasteiger partial charge on any atom is 0.257 e. The number of anilines is 1. The van der Waals surface area contributed by atoms with Crippen molar-refractivity contribution < 1.29 is 13.6 Å². The van der Waals surface area contributed by atoms with Gasteiger partial charge in [0.15, 0.2) is 10.7 Å². The Morgan fingerprint density at radius 3 is 2.61 bits per heavy atom. The molecule has 7 heteroatoms. The number of oxazole rings is 1. The van der Waals surface area contributed by atoms with Gasteiger partial charge in [-0.1, -0.05) is 24.3 Å². The summed E-state index contributed by atoms with van der Waals surface area (Å²) in [6, 6.07) is 20.1. The van der Waals surface area contributed by atoms with Crippen LogP contribution in [-0.4, -0.2) is 16.0 Å². The Balaban J connectivity index is 1.50. The average molecular weight is 391 g/mol. The van der Waals surface area contributed by atoms with Crippen LogP contribution < -0.4 is 10.6 Å². The van der Waals surface area contributed by atoms with Gasteiger partial charge >= 0.3 is 0 Å². The van der Waals surface area contributed by atoms with Crippen LogP contribution in [0.5, 0.6) is 0 Å². The van der Waals surface area contributed by atoms with Crippen molar-refractivity contribution in [3.8, 4) is 11.5 Å². The topological polar surface area (TPSA) is 67.2 Å². The number of hydrogen-bond acceptors (Lipinski definition) is 4. The van der Waals surface area contributed by atoms with Crippen LogP contribution >= 0.6 is 12.2 Å². The van der Waals surface area contributed by atoms with E-state index in [1.165, 1.54) is 12.1 Å². The molecule has 0 bridgehead atoms. The highest BCUT2D eigenvalue weighted by molar-refractivity contribution is 7.80. The summed E-state index contributed by atoms with van der Waals surface area (Å²) in [6.45, 7) is 0. The first-order valence-electron chi connectivity index (χ1n) is 8.42. The van der Waals surface area contributed by atoms with E-state index in [0.717, 1.165) is 0 Å². The monoisotopic (exact) mass is 391 g/mol. The number of amides is 1. The number of fused-ring (bicyclic) bond motifs is 1. The molecule has 4 aromatic rings. The Labute approximate surface area is 165 Å². The molecule has 0 saturated heterocycles.